The number of esters is 2. The van der Waals surface area contributed by atoms with Gasteiger partial charge >= 0.3 is 11.9 Å². The van der Waals surface area contributed by atoms with Crippen molar-refractivity contribution in [2.24, 2.45) is 5.41 Å². The van der Waals surface area contributed by atoms with E-state index in [1.807, 2.05) is 0 Å². The lowest BCUT2D eigenvalue weighted by Crippen LogP contribution is -2.35. The van der Waals surface area contributed by atoms with Gasteiger partial charge in [0.25, 0.3) is 0 Å². The molecule has 0 bridgehead atoms. The van der Waals surface area contributed by atoms with Crippen LogP contribution in [-0.2, 0) is 14.3 Å². The Hall–Kier alpha value is -1.16. The van der Waals surface area contributed by atoms with Crippen LogP contribution in [0, 0.1) is 5.41 Å². The van der Waals surface area contributed by atoms with Crippen molar-refractivity contribution in [3.8, 4) is 0 Å². The second kappa shape index (κ2) is 24.2. The molecule has 0 aromatic heterocycles. The Morgan fingerprint density at radius 3 is 1.81 bits per heavy atom. The first kappa shape index (κ1) is 34.8. The number of ether oxygens (including phenoxy) is 1. The number of unbranched alkanes of at least 4 members (excludes halogenated alkanes) is 11. The Labute approximate surface area is 224 Å². The van der Waals surface area contributed by atoms with Gasteiger partial charge in [0, 0.05) is 6.42 Å². The molecule has 0 aliphatic heterocycles. The molecule has 4 nitrogen and oxygen atoms in total. The van der Waals surface area contributed by atoms with Gasteiger partial charge in [0.2, 0.25) is 0 Å². The second-order valence-electron chi connectivity index (χ2n) is 10.9. The van der Waals surface area contributed by atoms with Crippen LogP contribution < -0.4 is 0 Å². The summed E-state index contributed by atoms with van der Waals surface area (Å²) in [6, 6.07) is 0. The molecule has 0 aromatic rings. The van der Waals surface area contributed by atoms with Crippen molar-refractivity contribution in [1.29, 1.82) is 0 Å². The van der Waals surface area contributed by atoms with E-state index in [1.165, 1.54) is 19.3 Å². The number of rotatable bonds is 25. The molecule has 0 aliphatic rings. The molecule has 0 unspecified atom stereocenters. The molecule has 36 heavy (non-hydrogen) atoms. The third kappa shape index (κ3) is 18.1. The van der Waals surface area contributed by atoms with Crippen LogP contribution in [0.3, 0.4) is 0 Å². The minimum Gasteiger partial charge on any atom is -0.393 e. The van der Waals surface area contributed by atoms with E-state index >= 15 is 0 Å². The van der Waals surface area contributed by atoms with Crippen LogP contribution in [0.5, 0.6) is 0 Å². The molecular weight excluding hydrogens is 448 g/mol. The van der Waals surface area contributed by atoms with Crippen LogP contribution in [0.25, 0.3) is 0 Å². The third-order valence-corrected chi connectivity index (χ3v) is 7.38. The smallest absolute Gasteiger partial charge is 0.319 e. The maximum absolute atomic E-state index is 13.1. The maximum Gasteiger partial charge on any atom is 0.319 e. The molecule has 1 N–H and O–H groups in total. The molecule has 0 saturated carbocycles. The average Bonchev–Trinajstić information content (AvgIpc) is 2.87. The van der Waals surface area contributed by atoms with Gasteiger partial charge in [-0.25, -0.2) is 0 Å². The molecule has 0 amide bonds. The van der Waals surface area contributed by atoms with Crippen molar-refractivity contribution < 1.29 is 19.4 Å². The van der Waals surface area contributed by atoms with Crippen LogP contribution in [0.15, 0.2) is 12.2 Å². The van der Waals surface area contributed by atoms with Gasteiger partial charge < -0.3 is 9.84 Å². The summed E-state index contributed by atoms with van der Waals surface area (Å²) in [5, 5.41) is 10.00. The molecule has 1 atom stereocenters. The fraction of sp³-hybridized carbons (Fsp3) is 0.875. The van der Waals surface area contributed by atoms with Crippen molar-refractivity contribution in [2.45, 2.75) is 175 Å². The number of allylic oxidation sites excluding steroid dienone is 1. The predicted molar refractivity (Wildman–Crippen MR) is 153 cm³/mol. The standard InChI is InChI=1S/C32H60O4/c1-5-9-13-20-23-29(33)24-21-18-16-14-15-17-19-22-25-30(34)36-31(35)32(26-10-6-2,27-11-7-3)28-12-8-4/h18,21,29,33H,5-17,19-20,22-28H2,1-4H3/b21-18-/t29-/m1/s1. The van der Waals surface area contributed by atoms with E-state index in [9.17, 15) is 14.7 Å². The summed E-state index contributed by atoms with van der Waals surface area (Å²) in [6.07, 6.45) is 25.9. The normalized spacial score (nSPS) is 12.8. The SMILES string of the molecule is CCCCCC[C@@H](O)C/C=C\CCCCCCCC(=O)OC(=O)C(CCCC)(CCCC)CCCC. The maximum atomic E-state index is 13.1. The summed E-state index contributed by atoms with van der Waals surface area (Å²) in [4.78, 5) is 25.5. The molecule has 0 spiro atoms. The van der Waals surface area contributed by atoms with E-state index in [0.717, 1.165) is 116 Å². The highest BCUT2D eigenvalue weighted by atomic mass is 16.6. The van der Waals surface area contributed by atoms with Crippen molar-refractivity contribution in [3.05, 3.63) is 12.2 Å². The molecule has 0 fully saturated rings. The number of hydrogen-bond acceptors (Lipinski definition) is 4. The summed E-state index contributed by atoms with van der Waals surface area (Å²) in [5.41, 5.74) is -0.476. The molecule has 0 aliphatic carbocycles. The summed E-state index contributed by atoms with van der Waals surface area (Å²) >= 11 is 0. The lowest BCUT2D eigenvalue weighted by molar-refractivity contribution is -0.169. The average molecular weight is 509 g/mol. The van der Waals surface area contributed by atoms with Crippen LogP contribution in [0.4, 0.5) is 0 Å². The number of aliphatic hydroxyl groups is 1. The molecule has 212 valence electrons. The molecular formula is C32H60O4. The zero-order valence-corrected chi connectivity index (χ0v) is 24.5. The highest BCUT2D eigenvalue weighted by Crippen LogP contribution is 2.38. The Bertz CT molecular complexity index is 533. The Morgan fingerprint density at radius 1 is 0.694 bits per heavy atom. The van der Waals surface area contributed by atoms with Crippen molar-refractivity contribution >= 4 is 11.9 Å². The largest absolute Gasteiger partial charge is 0.393 e. The van der Waals surface area contributed by atoms with E-state index in [1.54, 1.807) is 0 Å². The van der Waals surface area contributed by atoms with E-state index < -0.39 is 5.41 Å². The zero-order chi connectivity index (χ0) is 26.9. The monoisotopic (exact) mass is 508 g/mol. The number of carbonyl (C=O) groups is 2. The topological polar surface area (TPSA) is 63.6 Å². The van der Waals surface area contributed by atoms with Crippen LogP contribution in [0.1, 0.15) is 169 Å². The first-order chi connectivity index (χ1) is 17.5. The molecule has 0 heterocycles. The van der Waals surface area contributed by atoms with Crippen molar-refractivity contribution in [1.82, 2.24) is 0 Å². The van der Waals surface area contributed by atoms with Gasteiger partial charge in [-0.05, 0) is 51.4 Å². The molecule has 4 heteroatoms. The van der Waals surface area contributed by atoms with Gasteiger partial charge in [0.1, 0.15) is 0 Å². The third-order valence-electron chi connectivity index (χ3n) is 7.38. The van der Waals surface area contributed by atoms with Crippen molar-refractivity contribution in [3.63, 3.8) is 0 Å². The first-order valence-corrected chi connectivity index (χ1v) is 15.5. The van der Waals surface area contributed by atoms with Crippen LogP contribution in [0.2, 0.25) is 0 Å². The summed E-state index contributed by atoms with van der Waals surface area (Å²) in [5.74, 6) is -0.606. The van der Waals surface area contributed by atoms with Gasteiger partial charge in [-0.15, -0.1) is 0 Å². The fourth-order valence-electron chi connectivity index (χ4n) is 4.85. The minimum atomic E-state index is -0.476. The van der Waals surface area contributed by atoms with Gasteiger partial charge in [0.15, 0.2) is 0 Å². The Kier molecular flexibility index (Phi) is 23.4. The zero-order valence-electron chi connectivity index (χ0n) is 24.5. The molecule has 0 radical (unpaired) electrons. The second-order valence-corrected chi connectivity index (χ2v) is 10.9. The molecule has 0 saturated heterocycles. The van der Waals surface area contributed by atoms with Crippen molar-refractivity contribution in [2.75, 3.05) is 0 Å². The van der Waals surface area contributed by atoms with E-state index in [-0.39, 0.29) is 18.0 Å². The Morgan fingerprint density at radius 2 is 1.22 bits per heavy atom. The lowest BCUT2D eigenvalue weighted by Gasteiger charge is -2.31. The van der Waals surface area contributed by atoms with E-state index in [0.29, 0.717) is 6.42 Å². The van der Waals surface area contributed by atoms with Crippen LogP contribution in [-0.4, -0.2) is 23.1 Å². The van der Waals surface area contributed by atoms with Gasteiger partial charge in [-0.1, -0.05) is 123 Å². The quantitative estimate of drug-likeness (QED) is 0.0577. The number of aliphatic hydroxyl groups excluding tert-OH is 1. The van der Waals surface area contributed by atoms with Crippen LogP contribution >= 0.6 is 0 Å². The molecule has 0 aromatic carbocycles. The highest BCUT2D eigenvalue weighted by Gasteiger charge is 2.39. The van der Waals surface area contributed by atoms with E-state index in [2.05, 4.69) is 39.8 Å². The summed E-state index contributed by atoms with van der Waals surface area (Å²) in [6.45, 7) is 8.66. The molecule has 0 rings (SSSR count). The fourth-order valence-corrected chi connectivity index (χ4v) is 4.85. The van der Waals surface area contributed by atoms with Gasteiger partial charge in [0.05, 0.1) is 11.5 Å². The van der Waals surface area contributed by atoms with E-state index in [4.69, 9.17) is 4.74 Å². The highest BCUT2D eigenvalue weighted by molar-refractivity contribution is 5.88. The first-order valence-electron chi connectivity index (χ1n) is 15.5. The number of carbonyl (C=O) groups excluding carboxylic acids is 2. The number of hydrogen-bond donors (Lipinski definition) is 1. The minimum absolute atomic E-state index is 0.195. The predicted octanol–water partition coefficient (Wildman–Crippen LogP) is 9.62. The van der Waals surface area contributed by atoms with Gasteiger partial charge in [-0.3, -0.25) is 9.59 Å². The van der Waals surface area contributed by atoms with Gasteiger partial charge in [-0.2, -0.15) is 0 Å². The summed E-state index contributed by atoms with van der Waals surface area (Å²) in [7, 11) is 0. The Balaban J connectivity index is 4.13. The summed E-state index contributed by atoms with van der Waals surface area (Å²) < 4.78 is 5.43. The lowest BCUT2D eigenvalue weighted by atomic mass is 9.74.